The van der Waals surface area contributed by atoms with Crippen molar-refractivity contribution in [1.82, 2.24) is 19.8 Å². The lowest BCUT2D eigenvalue weighted by molar-refractivity contribution is -0.123. The number of rotatable bonds is 6. The minimum absolute atomic E-state index is 0.0147. The Morgan fingerprint density at radius 1 is 0.938 bits per heavy atom. The molecule has 1 aliphatic rings. The van der Waals surface area contributed by atoms with E-state index in [9.17, 15) is 4.79 Å². The molecule has 1 saturated heterocycles. The fourth-order valence-corrected chi connectivity index (χ4v) is 4.32. The van der Waals surface area contributed by atoms with Gasteiger partial charge in [0.25, 0.3) is 0 Å². The molecule has 0 aliphatic carbocycles. The first-order valence-corrected chi connectivity index (χ1v) is 11.1. The normalized spacial score (nSPS) is 14.6. The van der Waals surface area contributed by atoms with Crippen molar-refractivity contribution in [2.75, 3.05) is 29.4 Å². The van der Waals surface area contributed by atoms with Gasteiger partial charge in [0.15, 0.2) is 5.65 Å². The topological polar surface area (TPSA) is 66.6 Å². The Hall–Kier alpha value is -3.74. The maximum Gasteiger partial charge on any atom is 0.230 e. The van der Waals surface area contributed by atoms with Gasteiger partial charge in [-0.05, 0) is 49.1 Å². The molecule has 0 bridgehead atoms. The van der Waals surface area contributed by atoms with Crippen LogP contribution in [0.15, 0.2) is 79.1 Å². The van der Waals surface area contributed by atoms with E-state index in [1.165, 1.54) is 5.56 Å². The molecular formula is C25H26N6O. The largest absolute Gasteiger partial charge is 0.355 e. The quantitative estimate of drug-likeness (QED) is 0.471. The number of hydrogen-bond acceptors (Lipinski definition) is 5. The number of carbonyl (C=O) groups is 1. The summed E-state index contributed by atoms with van der Waals surface area (Å²) in [6.07, 6.45) is 4.08. The molecule has 0 atom stereocenters. The summed E-state index contributed by atoms with van der Waals surface area (Å²) in [6.45, 7) is 2.29. The number of anilines is 2. The van der Waals surface area contributed by atoms with Crippen molar-refractivity contribution in [1.29, 1.82) is 0 Å². The third-order valence-electron chi connectivity index (χ3n) is 6.12. The molecule has 7 nitrogen and oxygen atoms in total. The van der Waals surface area contributed by atoms with Crippen molar-refractivity contribution in [2.45, 2.75) is 19.3 Å². The maximum atomic E-state index is 13.6. The van der Waals surface area contributed by atoms with Crippen LogP contribution < -0.4 is 9.80 Å². The Morgan fingerprint density at radius 2 is 1.66 bits per heavy atom. The van der Waals surface area contributed by atoms with Gasteiger partial charge in [-0.25, -0.2) is 0 Å². The van der Waals surface area contributed by atoms with Crippen LogP contribution in [0.1, 0.15) is 18.4 Å². The molecule has 3 heterocycles. The lowest BCUT2D eigenvalue weighted by Crippen LogP contribution is -2.43. The molecule has 32 heavy (non-hydrogen) atoms. The van der Waals surface area contributed by atoms with E-state index in [1.807, 2.05) is 65.6 Å². The fraction of sp³-hybridized carbons (Fsp3) is 0.280. The molecule has 4 aromatic rings. The zero-order valence-electron chi connectivity index (χ0n) is 17.9. The van der Waals surface area contributed by atoms with Gasteiger partial charge in [-0.15, -0.1) is 15.3 Å². The van der Waals surface area contributed by atoms with Crippen molar-refractivity contribution < 1.29 is 4.79 Å². The minimum Gasteiger partial charge on any atom is -0.355 e. The highest BCUT2D eigenvalue weighted by atomic mass is 16.2. The van der Waals surface area contributed by atoms with Crippen LogP contribution >= 0.6 is 0 Å². The first-order valence-electron chi connectivity index (χ1n) is 11.1. The third kappa shape index (κ3) is 4.32. The molecule has 1 fully saturated rings. The number of para-hydroxylation sites is 1. The molecule has 7 heteroatoms. The summed E-state index contributed by atoms with van der Waals surface area (Å²) in [4.78, 5) is 17.8. The van der Waals surface area contributed by atoms with Gasteiger partial charge in [-0.1, -0.05) is 48.5 Å². The zero-order chi connectivity index (χ0) is 21.8. The van der Waals surface area contributed by atoms with Gasteiger partial charge in [0.05, 0.1) is 0 Å². The Labute approximate surface area is 187 Å². The molecule has 0 radical (unpaired) electrons. The lowest BCUT2D eigenvalue weighted by atomic mass is 9.94. The van der Waals surface area contributed by atoms with Crippen molar-refractivity contribution in [3.8, 4) is 0 Å². The molecule has 2 aromatic heterocycles. The Kier molecular flexibility index (Phi) is 5.79. The monoisotopic (exact) mass is 426 g/mol. The standard InChI is InChI=1S/C25H26N6O/c32-25(30(22-9-5-2-6-10-22)18-13-20-7-3-1-4-8-20)21-14-16-29(17-15-21)24-12-11-23-27-26-19-31(23)28-24/h1-12,19,21H,13-18H2. The molecule has 0 spiro atoms. The summed E-state index contributed by atoms with van der Waals surface area (Å²) in [7, 11) is 0. The average molecular weight is 427 g/mol. The van der Waals surface area contributed by atoms with Gasteiger partial charge in [-0.3, -0.25) is 4.79 Å². The summed E-state index contributed by atoms with van der Waals surface area (Å²) in [6, 6.07) is 24.3. The second kappa shape index (κ2) is 9.18. The van der Waals surface area contributed by atoms with E-state index >= 15 is 0 Å². The second-order valence-corrected chi connectivity index (χ2v) is 8.15. The van der Waals surface area contributed by atoms with Crippen molar-refractivity contribution >= 4 is 23.1 Å². The van der Waals surface area contributed by atoms with Gasteiger partial charge in [0.2, 0.25) is 5.91 Å². The molecule has 1 aliphatic heterocycles. The van der Waals surface area contributed by atoms with E-state index in [1.54, 1.807) is 10.8 Å². The van der Waals surface area contributed by atoms with E-state index in [0.717, 1.165) is 49.5 Å². The highest BCUT2D eigenvalue weighted by molar-refractivity contribution is 5.95. The molecule has 5 rings (SSSR count). The van der Waals surface area contributed by atoms with Gasteiger partial charge in [-0.2, -0.15) is 4.52 Å². The van der Waals surface area contributed by atoms with Gasteiger partial charge >= 0.3 is 0 Å². The maximum absolute atomic E-state index is 13.6. The molecular weight excluding hydrogens is 400 g/mol. The minimum atomic E-state index is 0.0147. The molecule has 2 aromatic carbocycles. The summed E-state index contributed by atoms with van der Waals surface area (Å²) >= 11 is 0. The van der Waals surface area contributed by atoms with Gasteiger partial charge in [0.1, 0.15) is 12.1 Å². The summed E-state index contributed by atoms with van der Waals surface area (Å²) in [5.41, 5.74) is 2.94. The van der Waals surface area contributed by atoms with E-state index < -0.39 is 0 Å². The highest BCUT2D eigenvalue weighted by Gasteiger charge is 2.30. The van der Waals surface area contributed by atoms with Crippen LogP contribution in [-0.4, -0.2) is 45.4 Å². The van der Waals surface area contributed by atoms with Crippen LogP contribution in [0.5, 0.6) is 0 Å². The lowest BCUT2D eigenvalue weighted by Gasteiger charge is -2.35. The molecule has 0 saturated carbocycles. The predicted octanol–water partition coefficient (Wildman–Crippen LogP) is 3.62. The molecule has 1 amide bonds. The van der Waals surface area contributed by atoms with Crippen LogP contribution in [0.2, 0.25) is 0 Å². The number of amides is 1. The second-order valence-electron chi connectivity index (χ2n) is 8.15. The van der Waals surface area contributed by atoms with Crippen molar-refractivity contribution in [3.63, 3.8) is 0 Å². The first-order chi connectivity index (χ1) is 15.8. The smallest absolute Gasteiger partial charge is 0.230 e. The Balaban J connectivity index is 1.27. The van der Waals surface area contributed by atoms with Gasteiger partial charge < -0.3 is 9.80 Å². The molecule has 162 valence electrons. The van der Waals surface area contributed by atoms with Crippen LogP contribution in [-0.2, 0) is 11.2 Å². The van der Waals surface area contributed by atoms with Crippen LogP contribution in [0.3, 0.4) is 0 Å². The number of nitrogens with zero attached hydrogens (tertiary/aromatic N) is 6. The van der Waals surface area contributed by atoms with E-state index in [0.29, 0.717) is 6.54 Å². The summed E-state index contributed by atoms with van der Waals surface area (Å²) in [5.74, 6) is 1.13. The number of benzene rings is 2. The van der Waals surface area contributed by atoms with E-state index in [4.69, 9.17) is 0 Å². The van der Waals surface area contributed by atoms with Crippen molar-refractivity contribution in [2.24, 2.45) is 5.92 Å². The number of hydrogen-bond donors (Lipinski definition) is 0. The Morgan fingerprint density at radius 3 is 2.41 bits per heavy atom. The fourth-order valence-electron chi connectivity index (χ4n) is 4.32. The van der Waals surface area contributed by atoms with E-state index in [2.05, 4.69) is 32.3 Å². The highest BCUT2D eigenvalue weighted by Crippen LogP contribution is 2.26. The van der Waals surface area contributed by atoms with Crippen molar-refractivity contribution in [3.05, 3.63) is 84.7 Å². The van der Waals surface area contributed by atoms with Crippen LogP contribution in [0, 0.1) is 5.92 Å². The SMILES string of the molecule is O=C(C1CCN(c2ccc3nncn3n2)CC1)N(CCc1ccccc1)c1ccccc1. The average Bonchev–Trinajstić information content (AvgIpc) is 3.33. The number of fused-ring (bicyclic) bond motifs is 1. The van der Waals surface area contributed by atoms with Crippen LogP contribution in [0.25, 0.3) is 5.65 Å². The number of aromatic nitrogens is 4. The number of piperidine rings is 1. The van der Waals surface area contributed by atoms with E-state index in [-0.39, 0.29) is 11.8 Å². The molecule has 0 unspecified atom stereocenters. The predicted molar refractivity (Wildman–Crippen MR) is 125 cm³/mol. The Bertz CT molecular complexity index is 1170. The third-order valence-corrected chi connectivity index (χ3v) is 6.12. The summed E-state index contributed by atoms with van der Waals surface area (Å²) in [5, 5.41) is 12.5. The number of carbonyl (C=O) groups excluding carboxylic acids is 1. The summed E-state index contributed by atoms with van der Waals surface area (Å²) < 4.78 is 1.69. The van der Waals surface area contributed by atoms with Crippen LogP contribution in [0.4, 0.5) is 11.5 Å². The van der Waals surface area contributed by atoms with Gasteiger partial charge in [0, 0.05) is 31.2 Å². The molecule has 0 N–H and O–H groups in total. The zero-order valence-corrected chi connectivity index (χ0v) is 17.9. The first kappa shape index (κ1) is 20.2.